The molecule has 1 heterocycles. The van der Waals surface area contributed by atoms with Gasteiger partial charge in [-0.15, -0.1) is 11.3 Å². The van der Waals surface area contributed by atoms with Gasteiger partial charge in [-0.25, -0.2) is 0 Å². The summed E-state index contributed by atoms with van der Waals surface area (Å²) in [6.45, 7) is 2.52. The average Bonchev–Trinajstić information content (AvgIpc) is 3.22. The summed E-state index contributed by atoms with van der Waals surface area (Å²) in [4.78, 5) is 13.7. The molecule has 146 valence electrons. The second-order valence-electron chi connectivity index (χ2n) is 6.68. The Morgan fingerprint density at radius 1 is 1.11 bits per heavy atom. The van der Waals surface area contributed by atoms with Crippen LogP contribution in [0.3, 0.4) is 0 Å². The number of methoxy groups -OCH3 is 1. The number of hydrogen-bond donors (Lipinski definition) is 2. The maximum Gasteiger partial charge on any atom is 0.242 e. The Kier molecular flexibility index (Phi) is 7.09. The predicted molar refractivity (Wildman–Crippen MR) is 116 cm³/mol. The highest BCUT2D eigenvalue weighted by Crippen LogP contribution is 2.25. The van der Waals surface area contributed by atoms with Gasteiger partial charge in [-0.2, -0.15) is 0 Å². The third-order valence-corrected chi connectivity index (χ3v) is 5.48. The molecular weight excluding hydrogens is 368 g/mol. The predicted octanol–water partition coefficient (Wildman–Crippen LogP) is 4.51. The van der Waals surface area contributed by atoms with Crippen LogP contribution in [-0.2, 0) is 17.6 Å². The molecule has 0 aliphatic carbocycles. The molecule has 0 radical (unpaired) electrons. The second kappa shape index (κ2) is 9.95. The summed E-state index contributed by atoms with van der Waals surface area (Å²) in [7, 11) is 1.68. The Morgan fingerprint density at radius 2 is 1.93 bits per heavy atom. The Morgan fingerprint density at radius 3 is 2.64 bits per heavy atom. The minimum Gasteiger partial charge on any atom is -0.496 e. The maximum atomic E-state index is 12.4. The number of nitrogens with one attached hydrogen (secondary N) is 2. The number of carbonyl (C=O) groups excluding carboxylic acids is 1. The van der Waals surface area contributed by atoms with Crippen LogP contribution >= 0.6 is 11.3 Å². The summed E-state index contributed by atoms with van der Waals surface area (Å²) in [6.07, 6.45) is 1.64. The molecule has 28 heavy (non-hydrogen) atoms. The fourth-order valence-corrected chi connectivity index (χ4v) is 3.76. The Balaban J connectivity index is 1.59. The summed E-state index contributed by atoms with van der Waals surface area (Å²) in [5.74, 6) is 0.847. The van der Waals surface area contributed by atoms with E-state index in [9.17, 15) is 4.79 Å². The Bertz CT molecular complexity index is 879. The van der Waals surface area contributed by atoms with E-state index in [1.807, 2.05) is 43.3 Å². The topological polar surface area (TPSA) is 50.4 Å². The largest absolute Gasteiger partial charge is 0.496 e. The van der Waals surface area contributed by atoms with Crippen molar-refractivity contribution in [2.75, 3.05) is 19.0 Å². The number of benzene rings is 2. The molecule has 0 fully saturated rings. The molecule has 1 unspecified atom stereocenters. The van der Waals surface area contributed by atoms with Crippen molar-refractivity contribution < 1.29 is 9.53 Å². The fraction of sp³-hybridized carbons (Fsp3) is 0.261. The molecule has 1 amide bonds. The molecule has 1 aromatic heterocycles. The van der Waals surface area contributed by atoms with Crippen molar-refractivity contribution in [1.82, 2.24) is 5.32 Å². The van der Waals surface area contributed by atoms with Crippen molar-refractivity contribution in [3.63, 3.8) is 0 Å². The molecule has 0 aliphatic heterocycles. The van der Waals surface area contributed by atoms with Crippen molar-refractivity contribution >= 4 is 22.9 Å². The SMILES string of the molecule is COc1ccc(NC(C)C(=O)NCCc2cccs2)cc1Cc1ccccc1. The van der Waals surface area contributed by atoms with Gasteiger partial charge in [-0.3, -0.25) is 4.79 Å². The lowest BCUT2D eigenvalue weighted by atomic mass is 10.0. The fourth-order valence-electron chi connectivity index (χ4n) is 3.05. The molecule has 3 rings (SSSR count). The van der Waals surface area contributed by atoms with Crippen LogP contribution in [0.25, 0.3) is 0 Å². The highest BCUT2D eigenvalue weighted by atomic mass is 32.1. The molecule has 0 bridgehead atoms. The molecule has 2 N–H and O–H groups in total. The van der Waals surface area contributed by atoms with E-state index in [1.165, 1.54) is 10.4 Å². The highest BCUT2D eigenvalue weighted by molar-refractivity contribution is 7.09. The molecule has 5 heteroatoms. The number of ether oxygens (including phenoxy) is 1. The summed E-state index contributed by atoms with van der Waals surface area (Å²) >= 11 is 1.71. The van der Waals surface area contributed by atoms with Crippen molar-refractivity contribution in [2.45, 2.75) is 25.8 Å². The maximum absolute atomic E-state index is 12.4. The third kappa shape index (κ3) is 5.60. The van der Waals surface area contributed by atoms with E-state index < -0.39 is 0 Å². The van der Waals surface area contributed by atoms with Gasteiger partial charge in [-0.05, 0) is 48.6 Å². The molecule has 1 atom stereocenters. The molecule has 3 aromatic rings. The van der Waals surface area contributed by atoms with Gasteiger partial charge in [0.05, 0.1) is 7.11 Å². The first kappa shape index (κ1) is 20.0. The van der Waals surface area contributed by atoms with Crippen LogP contribution in [0, 0.1) is 0 Å². The molecule has 0 saturated heterocycles. The minimum absolute atomic E-state index is 0.00279. The second-order valence-corrected chi connectivity index (χ2v) is 7.71. The molecule has 0 aliphatic rings. The average molecular weight is 395 g/mol. The van der Waals surface area contributed by atoms with Gasteiger partial charge in [0.15, 0.2) is 0 Å². The van der Waals surface area contributed by atoms with Crippen LogP contribution in [0.15, 0.2) is 66.0 Å². The first-order valence-corrected chi connectivity index (χ1v) is 10.3. The van der Waals surface area contributed by atoms with Gasteiger partial charge in [0.1, 0.15) is 11.8 Å². The lowest BCUT2D eigenvalue weighted by molar-refractivity contribution is -0.121. The summed E-state index contributed by atoms with van der Waals surface area (Å²) < 4.78 is 5.51. The lowest BCUT2D eigenvalue weighted by Crippen LogP contribution is -2.38. The van der Waals surface area contributed by atoms with Crippen LogP contribution in [0.4, 0.5) is 5.69 Å². The normalized spacial score (nSPS) is 11.6. The van der Waals surface area contributed by atoms with Crippen LogP contribution in [-0.4, -0.2) is 25.6 Å². The zero-order valence-corrected chi connectivity index (χ0v) is 17.1. The first-order valence-electron chi connectivity index (χ1n) is 9.43. The van der Waals surface area contributed by atoms with Crippen molar-refractivity contribution in [2.24, 2.45) is 0 Å². The molecular formula is C23H26N2O2S. The van der Waals surface area contributed by atoms with Gasteiger partial charge >= 0.3 is 0 Å². The third-order valence-electron chi connectivity index (χ3n) is 4.54. The van der Waals surface area contributed by atoms with Crippen LogP contribution in [0.1, 0.15) is 22.9 Å². The van der Waals surface area contributed by atoms with Gasteiger partial charge in [0, 0.05) is 29.1 Å². The minimum atomic E-state index is -0.318. The van der Waals surface area contributed by atoms with E-state index >= 15 is 0 Å². The molecule has 4 nitrogen and oxygen atoms in total. The van der Waals surface area contributed by atoms with E-state index in [-0.39, 0.29) is 11.9 Å². The summed E-state index contributed by atoms with van der Waals surface area (Å²) in [5, 5.41) is 8.35. The van der Waals surface area contributed by atoms with Gasteiger partial charge in [0.2, 0.25) is 5.91 Å². The monoisotopic (exact) mass is 394 g/mol. The van der Waals surface area contributed by atoms with Crippen LogP contribution in [0.2, 0.25) is 0 Å². The highest BCUT2D eigenvalue weighted by Gasteiger charge is 2.13. The van der Waals surface area contributed by atoms with Crippen LogP contribution < -0.4 is 15.4 Å². The summed E-state index contributed by atoms with van der Waals surface area (Å²) in [5.41, 5.74) is 3.22. The molecule has 0 spiro atoms. The number of amides is 1. The van der Waals surface area contributed by atoms with Crippen molar-refractivity contribution in [1.29, 1.82) is 0 Å². The van der Waals surface area contributed by atoms with Crippen molar-refractivity contribution in [3.05, 3.63) is 82.0 Å². The van der Waals surface area contributed by atoms with E-state index in [1.54, 1.807) is 18.4 Å². The van der Waals surface area contributed by atoms with E-state index in [0.717, 1.165) is 29.8 Å². The zero-order valence-electron chi connectivity index (χ0n) is 16.3. The van der Waals surface area contributed by atoms with Gasteiger partial charge in [0.25, 0.3) is 0 Å². The van der Waals surface area contributed by atoms with E-state index in [2.05, 4.69) is 40.3 Å². The number of hydrogen-bond acceptors (Lipinski definition) is 4. The molecule has 2 aromatic carbocycles. The van der Waals surface area contributed by atoms with Gasteiger partial charge in [-0.1, -0.05) is 36.4 Å². The smallest absolute Gasteiger partial charge is 0.242 e. The van der Waals surface area contributed by atoms with E-state index in [0.29, 0.717) is 6.54 Å². The number of anilines is 1. The number of rotatable bonds is 9. The summed E-state index contributed by atoms with van der Waals surface area (Å²) in [6, 6.07) is 20.0. The van der Waals surface area contributed by atoms with Gasteiger partial charge < -0.3 is 15.4 Å². The first-order chi connectivity index (χ1) is 13.7. The standard InChI is InChI=1S/C23H26N2O2S/c1-17(23(26)24-13-12-21-9-6-14-28-21)25-20-10-11-22(27-2)19(16-20)15-18-7-4-3-5-8-18/h3-11,14,16-17,25H,12-13,15H2,1-2H3,(H,24,26). The lowest BCUT2D eigenvalue weighted by Gasteiger charge is -2.17. The quantitative estimate of drug-likeness (QED) is 0.562. The van der Waals surface area contributed by atoms with Crippen molar-refractivity contribution in [3.8, 4) is 5.75 Å². The number of thiophene rings is 1. The Hall–Kier alpha value is -2.79. The Labute approximate surface area is 170 Å². The zero-order chi connectivity index (χ0) is 19.8. The van der Waals surface area contributed by atoms with Crippen LogP contribution in [0.5, 0.6) is 5.75 Å². The van der Waals surface area contributed by atoms with E-state index in [4.69, 9.17) is 4.74 Å². The molecule has 0 saturated carbocycles. The number of carbonyl (C=O) groups is 1.